The maximum absolute atomic E-state index is 13.9. The van der Waals surface area contributed by atoms with E-state index < -0.39 is 6.04 Å². The van der Waals surface area contributed by atoms with Crippen molar-refractivity contribution in [1.82, 2.24) is 10.2 Å². The average molecular weight is 541 g/mol. The monoisotopic (exact) mass is 540 g/mol. The van der Waals surface area contributed by atoms with Gasteiger partial charge in [0, 0.05) is 22.3 Å². The average Bonchev–Trinajstić information content (AvgIpc) is 3.58. The van der Waals surface area contributed by atoms with Crippen LogP contribution in [0.2, 0.25) is 0 Å². The molecule has 1 atom stereocenters. The summed E-state index contributed by atoms with van der Waals surface area (Å²) in [5.74, 6) is 1.19. The molecule has 2 amide bonds. The molecule has 1 N–H and O–H groups in total. The normalized spacial score (nSPS) is 14.7. The zero-order chi connectivity index (χ0) is 26.2. The topological polar surface area (TPSA) is 67.9 Å². The number of nitrogens with zero attached hydrogens (tertiary/aromatic N) is 1. The lowest BCUT2D eigenvalue weighted by molar-refractivity contribution is -0.140. The molecule has 0 unspecified atom stereocenters. The highest BCUT2D eigenvalue weighted by atomic mass is 32.1. The third kappa shape index (κ3) is 6.93. The maximum atomic E-state index is 13.9. The number of methoxy groups -OCH3 is 2. The van der Waals surface area contributed by atoms with E-state index in [2.05, 4.69) is 5.32 Å². The Morgan fingerprint density at radius 3 is 2.46 bits per heavy atom. The number of carbonyl (C=O) groups excluding carboxylic acids is 2. The molecule has 198 valence electrons. The molecule has 2 aromatic heterocycles. The van der Waals surface area contributed by atoms with Crippen molar-refractivity contribution in [2.45, 2.75) is 64.0 Å². The Kier molecular flexibility index (Phi) is 9.63. The molecule has 1 aliphatic carbocycles. The van der Waals surface area contributed by atoms with Crippen molar-refractivity contribution in [2.75, 3.05) is 20.8 Å². The van der Waals surface area contributed by atoms with Crippen molar-refractivity contribution >= 4 is 34.5 Å². The van der Waals surface area contributed by atoms with E-state index in [-0.39, 0.29) is 24.3 Å². The quantitative estimate of drug-likeness (QED) is 0.327. The number of carbonyl (C=O) groups is 2. The second kappa shape index (κ2) is 13.1. The van der Waals surface area contributed by atoms with Crippen LogP contribution in [-0.4, -0.2) is 43.5 Å². The van der Waals surface area contributed by atoms with E-state index in [4.69, 9.17) is 9.47 Å². The molecule has 4 rings (SSSR count). The van der Waals surface area contributed by atoms with E-state index >= 15 is 0 Å². The number of ether oxygens (including phenoxy) is 2. The lowest BCUT2D eigenvalue weighted by Gasteiger charge is -2.33. The highest BCUT2D eigenvalue weighted by Crippen LogP contribution is 2.32. The molecule has 0 saturated heterocycles. The van der Waals surface area contributed by atoms with Gasteiger partial charge in [-0.25, -0.2) is 0 Å². The number of amides is 2. The Labute approximate surface area is 227 Å². The van der Waals surface area contributed by atoms with Crippen LogP contribution in [0.3, 0.4) is 0 Å². The van der Waals surface area contributed by atoms with Gasteiger partial charge in [0.25, 0.3) is 0 Å². The van der Waals surface area contributed by atoms with Gasteiger partial charge < -0.3 is 19.7 Å². The van der Waals surface area contributed by atoms with Crippen LogP contribution in [0.25, 0.3) is 0 Å². The van der Waals surface area contributed by atoms with Crippen LogP contribution >= 0.6 is 22.7 Å². The molecule has 0 radical (unpaired) electrons. The molecule has 1 aromatic carbocycles. The zero-order valence-electron chi connectivity index (χ0n) is 21.8. The summed E-state index contributed by atoms with van der Waals surface area (Å²) in [7, 11) is 3.23. The van der Waals surface area contributed by atoms with Crippen LogP contribution in [0.1, 0.15) is 59.0 Å². The predicted molar refractivity (Wildman–Crippen MR) is 150 cm³/mol. The number of aryl methyl sites for hydroxylation is 1. The Balaban J connectivity index is 1.63. The molecule has 6 nitrogen and oxygen atoms in total. The zero-order valence-corrected chi connectivity index (χ0v) is 23.5. The predicted octanol–water partition coefficient (Wildman–Crippen LogP) is 5.94. The van der Waals surface area contributed by atoms with Crippen LogP contribution < -0.4 is 14.8 Å². The van der Waals surface area contributed by atoms with Gasteiger partial charge in [0.05, 0.1) is 20.6 Å². The van der Waals surface area contributed by atoms with Crippen LogP contribution in [-0.2, 0) is 22.4 Å². The van der Waals surface area contributed by atoms with Gasteiger partial charge in [0.1, 0.15) is 6.04 Å². The highest BCUT2D eigenvalue weighted by Gasteiger charge is 2.34. The largest absolute Gasteiger partial charge is 0.493 e. The van der Waals surface area contributed by atoms with E-state index in [0.717, 1.165) is 46.6 Å². The lowest BCUT2D eigenvalue weighted by atomic mass is 9.95. The van der Waals surface area contributed by atoms with E-state index in [0.29, 0.717) is 24.5 Å². The summed E-state index contributed by atoms with van der Waals surface area (Å²) >= 11 is 3.11. The summed E-state index contributed by atoms with van der Waals surface area (Å²) < 4.78 is 10.9. The molecule has 3 aromatic rings. The van der Waals surface area contributed by atoms with Crippen molar-refractivity contribution in [1.29, 1.82) is 0 Å². The minimum atomic E-state index is -0.658. The van der Waals surface area contributed by atoms with Gasteiger partial charge in [-0.2, -0.15) is 0 Å². The van der Waals surface area contributed by atoms with Crippen LogP contribution in [0.5, 0.6) is 11.5 Å². The smallest absolute Gasteiger partial charge is 0.248 e. The SMILES string of the molecule is COc1ccc(CCN(C(=O)Cc2cccs2)[C@@H](C(=O)NC2CCCCC2)c2sccc2C)cc1OC. The van der Waals surface area contributed by atoms with Gasteiger partial charge in [0.15, 0.2) is 11.5 Å². The number of benzene rings is 1. The van der Waals surface area contributed by atoms with E-state index in [1.807, 2.05) is 54.1 Å². The minimum Gasteiger partial charge on any atom is -0.493 e. The molecule has 0 aliphatic heterocycles. The number of nitrogens with one attached hydrogen (secondary N) is 1. The second-order valence-electron chi connectivity index (χ2n) is 9.50. The summed E-state index contributed by atoms with van der Waals surface area (Å²) in [5, 5.41) is 7.28. The molecule has 8 heteroatoms. The van der Waals surface area contributed by atoms with Crippen molar-refractivity contribution in [3.05, 3.63) is 68.0 Å². The first kappa shape index (κ1) is 27.2. The van der Waals surface area contributed by atoms with Crippen molar-refractivity contribution in [3.63, 3.8) is 0 Å². The van der Waals surface area contributed by atoms with Crippen LogP contribution in [0, 0.1) is 6.92 Å². The van der Waals surface area contributed by atoms with Crippen molar-refractivity contribution in [2.24, 2.45) is 0 Å². The first-order valence-corrected chi connectivity index (χ1v) is 14.6. The summed E-state index contributed by atoms with van der Waals surface area (Å²) in [6.45, 7) is 2.43. The molecular formula is C29H36N2O4S2. The highest BCUT2D eigenvalue weighted by molar-refractivity contribution is 7.10. The van der Waals surface area contributed by atoms with E-state index in [9.17, 15) is 9.59 Å². The van der Waals surface area contributed by atoms with Gasteiger partial charge in [-0.15, -0.1) is 22.7 Å². The third-order valence-corrected chi connectivity index (χ3v) is 8.92. The van der Waals surface area contributed by atoms with Gasteiger partial charge in [0.2, 0.25) is 11.8 Å². The summed E-state index contributed by atoms with van der Waals surface area (Å²) in [5.41, 5.74) is 2.05. The van der Waals surface area contributed by atoms with Gasteiger partial charge in [-0.3, -0.25) is 9.59 Å². The molecular weight excluding hydrogens is 504 g/mol. The second-order valence-corrected chi connectivity index (χ2v) is 11.5. The molecule has 0 spiro atoms. The van der Waals surface area contributed by atoms with Gasteiger partial charge in [-0.1, -0.05) is 31.4 Å². The lowest BCUT2D eigenvalue weighted by Crippen LogP contribution is -2.48. The van der Waals surface area contributed by atoms with Crippen LogP contribution in [0.4, 0.5) is 0 Å². The number of rotatable bonds is 11. The Hall–Kier alpha value is -2.84. The maximum Gasteiger partial charge on any atom is 0.248 e. The number of thiophene rings is 2. The first-order chi connectivity index (χ1) is 18.0. The molecule has 2 heterocycles. The van der Waals surface area contributed by atoms with Crippen LogP contribution in [0.15, 0.2) is 47.2 Å². The number of hydrogen-bond donors (Lipinski definition) is 1. The summed E-state index contributed by atoms with van der Waals surface area (Å²) in [6.07, 6.45) is 6.35. The summed E-state index contributed by atoms with van der Waals surface area (Å²) in [4.78, 5) is 31.4. The standard InChI is InChI=1S/C29H36N2O4S2/c1-20-14-17-37-28(20)27(29(33)30-22-8-5-4-6-9-22)31(26(32)19-23-10-7-16-36-23)15-13-21-11-12-24(34-2)25(18-21)35-3/h7,10-12,14,16-18,22,27H,4-6,8-9,13,15,19H2,1-3H3,(H,30,33)/t27-/m1/s1. The minimum absolute atomic E-state index is 0.0421. The Morgan fingerprint density at radius 1 is 1.03 bits per heavy atom. The molecule has 1 saturated carbocycles. The molecule has 1 aliphatic rings. The fourth-order valence-corrected chi connectivity index (χ4v) is 6.67. The van der Waals surface area contributed by atoms with Crippen molar-refractivity contribution < 1.29 is 19.1 Å². The molecule has 0 bridgehead atoms. The Morgan fingerprint density at radius 2 is 1.81 bits per heavy atom. The number of hydrogen-bond acceptors (Lipinski definition) is 6. The fraction of sp³-hybridized carbons (Fsp3) is 0.448. The van der Waals surface area contributed by atoms with E-state index in [1.54, 1.807) is 41.8 Å². The Bertz CT molecular complexity index is 1170. The third-order valence-electron chi connectivity index (χ3n) is 6.98. The van der Waals surface area contributed by atoms with E-state index in [1.165, 1.54) is 6.42 Å². The van der Waals surface area contributed by atoms with Gasteiger partial charge >= 0.3 is 0 Å². The fourth-order valence-electron chi connectivity index (χ4n) is 4.94. The molecule has 37 heavy (non-hydrogen) atoms. The molecule has 1 fully saturated rings. The summed E-state index contributed by atoms with van der Waals surface area (Å²) in [6, 6.07) is 11.3. The van der Waals surface area contributed by atoms with Gasteiger partial charge in [-0.05, 0) is 72.3 Å². The first-order valence-electron chi connectivity index (χ1n) is 12.9. The van der Waals surface area contributed by atoms with Crippen molar-refractivity contribution in [3.8, 4) is 11.5 Å².